The number of carbonyl (C=O) groups is 2. The van der Waals surface area contributed by atoms with E-state index in [-0.39, 0.29) is 11.8 Å². The van der Waals surface area contributed by atoms with E-state index in [2.05, 4.69) is 15.8 Å². The molecule has 1 aliphatic rings. The van der Waals surface area contributed by atoms with Crippen LogP contribution in [0.25, 0.3) is 0 Å². The second kappa shape index (κ2) is 7.42. The summed E-state index contributed by atoms with van der Waals surface area (Å²) in [5.74, 6) is 0.970. The van der Waals surface area contributed by atoms with Crippen LogP contribution in [0.4, 0.5) is 0 Å². The number of nitrogens with one attached hydrogen (secondary N) is 2. The van der Waals surface area contributed by atoms with Gasteiger partial charge in [-0.05, 0) is 25.7 Å². The quantitative estimate of drug-likeness (QED) is 0.805. The monoisotopic (exact) mass is 307 g/mol. The zero-order valence-electron chi connectivity index (χ0n) is 13.6. The minimum Gasteiger partial charge on any atom is -0.361 e. The van der Waals surface area contributed by atoms with Gasteiger partial charge in [0, 0.05) is 19.0 Å². The first-order valence-corrected chi connectivity index (χ1v) is 8.00. The van der Waals surface area contributed by atoms with Crippen molar-refractivity contribution < 1.29 is 14.1 Å². The summed E-state index contributed by atoms with van der Waals surface area (Å²) < 4.78 is 5.16. The third-order valence-corrected chi connectivity index (χ3v) is 4.33. The molecule has 1 aromatic heterocycles. The van der Waals surface area contributed by atoms with Gasteiger partial charge in [0.05, 0.1) is 5.69 Å². The van der Waals surface area contributed by atoms with Gasteiger partial charge in [-0.3, -0.25) is 9.59 Å². The highest BCUT2D eigenvalue weighted by Gasteiger charge is 2.27. The lowest BCUT2D eigenvalue weighted by Gasteiger charge is -2.29. The third kappa shape index (κ3) is 4.08. The summed E-state index contributed by atoms with van der Waals surface area (Å²) in [5.41, 5.74) is 1.80. The van der Waals surface area contributed by atoms with Crippen molar-refractivity contribution >= 4 is 11.8 Å². The second-order valence-electron chi connectivity index (χ2n) is 6.02. The predicted octanol–water partition coefficient (Wildman–Crippen LogP) is 1.86. The Bertz CT molecular complexity index is 535. The van der Waals surface area contributed by atoms with Gasteiger partial charge >= 0.3 is 0 Å². The average Bonchev–Trinajstić information content (AvgIpc) is 2.78. The third-order valence-electron chi connectivity index (χ3n) is 4.33. The van der Waals surface area contributed by atoms with Crippen LogP contribution in [0.15, 0.2) is 4.52 Å². The highest BCUT2D eigenvalue weighted by atomic mass is 16.5. The molecular weight excluding hydrogens is 282 g/mol. The summed E-state index contributed by atoms with van der Waals surface area (Å²) >= 11 is 0. The van der Waals surface area contributed by atoms with Crippen LogP contribution in [0.1, 0.15) is 56.5 Å². The summed E-state index contributed by atoms with van der Waals surface area (Å²) in [6, 6.07) is -0.451. The van der Waals surface area contributed by atoms with E-state index in [1.807, 2.05) is 13.8 Å². The number of aromatic nitrogens is 1. The Kier molecular flexibility index (Phi) is 5.57. The van der Waals surface area contributed by atoms with Gasteiger partial charge in [-0.2, -0.15) is 0 Å². The minimum atomic E-state index is -0.451. The molecule has 0 aliphatic heterocycles. The Morgan fingerprint density at radius 2 is 2.14 bits per heavy atom. The number of hydrogen-bond donors (Lipinski definition) is 2. The van der Waals surface area contributed by atoms with Crippen molar-refractivity contribution in [2.75, 3.05) is 0 Å². The van der Waals surface area contributed by atoms with Crippen molar-refractivity contribution in [3.05, 3.63) is 17.0 Å². The van der Waals surface area contributed by atoms with Crippen LogP contribution in [0, 0.1) is 12.8 Å². The van der Waals surface area contributed by atoms with E-state index in [0.29, 0.717) is 18.9 Å². The molecule has 0 unspecified atom stereocenters. The molecule has 1 aliphatic carbocycles. The largest absolute Gasteiger partial charge is 0.361 e. The number of nitrogens with zero attached hydrogens (tertiary/aromatic N) is 1. The van der Waals surface area contributed by atoms with Crippen LogP contribution in [-0.4, -0.2) is 23.0 Å². The molecule has 0 saturated heterocycles. The SMILES string of the molecule is CCc1noc(C)c1CNC(=O)[C@@H](CC1CCC1)NC(C)=O. The van der Waals surface area contributed by atoms with Crippen molar-refractivity contribution in [2.45, 2.75) is 65.5 Å². The van der Waals surface area contributed by atoms with Gasteiger partial charge in [0.2, 0.25) is 11.8 Å². The molecular formula is C16H25N3O3. The molecule has 1 atom stereocenters. The van der Waals surface area contributed by atoms with Gasteiger partial charge in [0.15, 0.2) is 0 Å². The van der Waals surface area contributed by atoms with Crippen molar-refractivity contribution in [3.8, 4) is 0 Å². The minimum absolute atomic E-state index is 0.134. The maximum Gasteiger partial charge on any atom is 0.242 e. The molecule has 2 amide bonds. The lowest BCUT2D eigenvalue weighted by atomic mass is 9.80. The molecule has 0 aromatic carbocycles. The van der Waals surface area contributed by atoms with Gasteiger partial charge in [-0.25, -0.2) is 0 Å². The molecule has 1 fully saturated rings. The molecule has 0 bridgehead atoms. The second-order valence-corrected chi connectivity index (χ2v) is 6.02. The molecule has 0 spiro atoms. The molecule has 2 N–H and O–H groups in total. The Balaban J connectivity index is 1.94. The standard InChI is InChI=1S/C16H25N3O3/c1-4-14-13(10(2)22-19-14)9-17-16(21)15(18-11(3)20)8-12-6-5-7-12/h12,15H,4-9H2,1-3H3,(H,17,21)(H,18,20)/t15-/m1/s1. The zero-order chi connectivity index (χ0) is 16.1. The molecule has 6 heteroatoms. The van der Waals surface area contributed by atoms with E-state index >= 15 is 0 Å². The van der Waals surface area contributed by atoms with Gasteiger partial charge < -0.3 is 15.2 Å². The van der Waals surface area contributed by atoms with Crippen molar-refractivity contribution in [2.24, 2.45) is 5.92 Å². The molecule has 1 saturated carbocycles. The molecule has 1 aromatic rings. The summed E-state index contributed by atoms with van der Waals surface area (Å²) in [6.45, 7) is 5.67. The summed E-state index contributed by atoms with van der Waals surface area (Å²) in [5, 5.41) is 9.65. The van der Waals surface area contributed by atoms with Crippen LogP contribution < -0.4 is 10.6 Å². The van der Waals surface area contributed by atoms with Crippen molar-refractivity contribution in [3.63, 3.8) is 0 Å². The molecule has 122 valence electrons. The highest BCUT2D eigenvalue weighted by Crippen LogP contribution is 2.30. The first-order chi connectivity index (χ1) is 10.5. The van der Waals surface area contributed by atoms with Crippen molar-refractivity contribution in [1.82, 2.24) is 15.8 Å². The Labute approximate surface area is 131 Å². The van der Waals surface area contributed by atoms with Crippen molar-refractivity contribution in [1.29, 1.82) is 0 Å². The highest BCUT2D eigenvalue weighted by molar-refractivity contribution is 5.86. The van der Waals surface area contributed by atoms with Gasteiger partial charge in [0.1, 0.15) is 11.8 Å². The predicted molar refractivity (Wildman–Crippen MR) is 82.0 cm³/mol. The lowest BCUT2D eigenvalue weighted by molar-refractivity contribution is -0.128. The summed E-state index contributed by atoms with van der Waals surface area (Å²) in [6.07, 6.45) is 5.00. The van der Waals surface area contributed by atoms with Crippen LogP contribution in [0.2, 0.25) is 0 Å². The molecule has 22 heavy (non-hydrogen) atoms. The number of hydrogen-bond acceptors (Lipinski definition) is 4. The average molecular weight is 307 g/mol. The number of rotatable bonds is 7. The van der Waals surface area contributed by atoms with E-state index in [9.17, 15) is 9.59 Å². The Hall–Kier alpha value is -1.85. The maximum absolute atomic E-state index is 12.4. The van der Waals surface area contributed by atoms with E-state index in [4.69, 9.17) is 4.52 Å². The smallest absolute Gasteiger partial charge is 0.242 e. The molecule has 6 nitrogen and oxygen atoms in total. The normalized spacial score (nSPS) is 16.0. The van der Waals surface area contributed by atoms with Gasteiger partial charge in [0.25, 0.3) is 0 Å². The fraction of sp³-hybridized carbons (Fsp3) is 0.688. The first kappa shape index (κ1) is 16.5. The Morgan fingerprint density at radius 1 is 1.41 bits per heavy atom. The molecule has 2 rings (SSSR count). The van der Waals surface area contributed by atoms with Gasteiger partial charge in [-0.15, -0.1) is 0 Å². The number of amides is 2. The number of aryl methyl sites for hydroxylation is 2. The molecule has 0 radical (unpaired) electrons. The van der Waals surface area contributed by atoms with Crippen LogP contribution in [-0.2, 0) is 22.6 Å². The van der Waals surface area contributed by atoms with Crippen LogP contribution in [0.3, 0.4) is 0 Å². The van der Waals surface area contributed by atoms with Gasteiger partial charge in [-0.1, -0.05) is 31.3 Å². The van der Waals surface area contributed by atoms with E-state index in [1.165, 1.54) is 13.3 Å². The summed E-state index contributed by atoms with van der Waals surface area (Å²) in [4.78, 5) is 23.7. The fourth-order valence-electron chi connectivity index (χ4n) is 2.78. The number of carbonyl (C=O) groups excluding carboxylic acids is 2. The van der Waals surface area contributed by atoms with E-state index in [0.717, 1.165) is 36.3 Å². The maximum atomic E-state index is 12.4. The Morgan fingerprint density at radius 3 is 2.68 bits per heavy atom. The van der Waals surface area contributed by atoms with E-state index in [1.54, 1.807) is 0 Å². The van der Waals surface area contributed by atoms with Crippen LogP contribution in [0.5, 0.6) is 0 Å². The van der Waals surface area contributed by atoms with Crippen LogP contribution >= 0.6 is 0 Å². The fourth-order valence-corrected chi connectivity index (χ4v) is 2.78. The lowest BCUT2D eigenvalue weighted by Crippen LogP contribution is -2.47. The summed E-state index contributed by atoms with van der Waals surface area (Å²) in [7, 11) is 0. The topological polar surface area (TPSA) is 84.2 Å². The zero-order valence-corrected chi connectivity index (χ0v) is 13.6. The molecule has 1 heterocycles. The first-order valence-electron chi connectivity index (χ1n) is 8.00. The van der Waals surface area contributed by atoms with E-state index < -0.39 is 6.04 Å².